The van der Waals surface area contributed by atoms with Gasteiger partial charge in [-0.1, -0.05) is 11.6 Å². The molecule has 0 spiro atoms. The summed E-state index contributed by atoms with van der Waals surface area (Å²) in [6.45, 7) is 0. The van der Waals surface area contributed by atoms with Gasteiger partial charge in [-0.3, -0.25) is 9.78 Å². The molecule has 0 saturated carbocycles. The normalized spacial score (nSPS) is 10.9. The average molecular weight is 344 g/mol. The number of nitrogens with zero attached hydrogens (tertiary/aromatic N) is 2. The standard InChI is InChI=1S/C17H11ClFN3O2/c18-14-9-12(1-3-15(14)19)16-4-2-13(24-16)10-21-22-17(23)11-5-7-20-8-6-11/h1-10H,(H,22,23). The van der Waals surface area contributed by atoms with Crippen molar-refractivity contribution in [2.45, 2.75) is 0 Å². The first-order chi connectivity index (χ1) is 11.6. The van der Waals surface area contributed by atoms with Crippen LogP contribution in [0.25, 0.3) is 11.3 Å². The van der Waals surface area contributed by atoms with Crippen molar-refractivity contribution in [1.29, 1.82) is 0 Å². The van der Waals surface area contributed by atoms with Gasteiger partial charge in [-0.15, -0.1) is 0 Å². The molecule has 0 atom stereocenters. The van der Waals surface area contributed by atoms with Crippen LogP contribution in [0.3, 0.4) is 0 Å². The monoisotopic (exact) mass is 343 g/mol. The van der Waals surface area contributed by atoms with Crippen LogP contribution in [0, 0.1) is 5.82 Å². The summed E-state index contributed by atoms with van der Waals surface area (Å²) in [6, 6.07) is 10.8. The molecule has 1 aromatic carbocycles. The Morgan fingerprint density at radius 3 is 2.75 bits per heavy atom. The van der Waals surface area contributed by atoms with Crippen LogP contribution in [0.4, 0.5) is 4.39 Å². The molecule has 24 heavy (non-hydrogen) atoms. The number of furan rings is 1. The Morgan fingerprint density at radius 1 is 1.21 bits per heavy atom. The Hall–Kier alpha value is -2.99. The summed E-state index contributed by atoms with van der Waals surface area (Å²) in [6.07, 6.45) is 4.41. The topological polar surface area (TPSA) is 67.5 Å². The van der Waals surface area contributed by atoms with Crippen molar-refractivity contribution in [3.8, 4) is 11.3 Å². The lowest BCUT2D eigenvalue weighted by atomic mass is 10.2. The zero-order valence-corrected chi connectivity index (χ0v) is 13.0. The lowest BCUT2D eigenvalue weighted by molar-refractivity contribution is 0.0955. The van der Waals surface area contributed by atoms with Gasteiger partial charge in [-0.2, -0.15) is 5.10 Å². The average Bonchev–Trinajstić information content (AvgIpc) is 3.07. The molecule has 0 aliphatic carbocycles. The second kappa shape index (κ2) is 7.06. The number of carbonyl (C=O) groups is 1. The molecule has 2 heterocycles. The molecule has 7 heteroatoms. The molecular formula is C17H11ClFN3O2. The zero-order chi connectivity index (χ0) is 16.9. The Labute approximate surface area is 141 Å². The van der Waals surface area contributed by atoms with Gasteiger partial charge in [0.25, 0.3) is 5.91 Å². The van der Waals surface area contributed by atoms with Gasteiger partial charge in [0.15, 0.2) is 0 Å². The van der Waals surface area contributed by atoms with E-state index in [1.54, 1.807) is 30.3 Å². The summed E-state index contributed by atoms with van der Waals surface area (Å²) in [7, 11) is 0. The minimum atomic E-state index is -0.493. The van der Waals surface area contributed by atoms with Crippen molar-refractivity contribution in [2.75, 3.05) is 0 Å². The summed E-state index contributed by atoms with van der Waals surface area (Å²) >= 11 is 5.75. The summed E-state index contributed by atoms with van der Waals surface area (Å²) in [4.78, 5) is 15.6. The van der Waals surface area contributed by atoms with E-state index in [1.165, 1.54) is 30.7 Å². The van der Waals surface area contributed by atoms with Gasteiger partial charge < -0.3 is 4.42 Å². The highest BCUT2D eigenvalue weighted by molar-refractivity contribution is 6.31. The molecule has 5 nitrogen and oxygen atoms in total. The van der Waals surface area contributed by atoms with Crippen molar-refractivity contribution in [3.05, 3.63) is 77.0 Å². The number of hydrogen-bond donors (Lipinski definition) is 1. The Balaban J connectivity index is 1.67. The number of aromatic nitrogens is 1. The summed E-state index contributed by atoms with van der Waals surface area (Å²) in [5, 5.41) is 3.85. The molecule has 3 rings (SSSR count). The largest absolute Gasteiger partial charge is 0.455 e. The molecule has 0 radical (unpaired) electrons. The summed E-state index contributed by atoms with van der Waals surface area (Å²) in [5.74, 6) is 0.0950. The highest BCUT2D eigenvalue weighted by Gasteiger charge is 2.07. The number of nitrogens with one attached hydrogen (secondary N) is 1. The molecule has 0 unspecified atom stereocenters. The van der Waals surface area contributed by atoms with Crippen LogP contribution in [-0.4, -0.2) is 17.1 Å². The molecule has 0 saturated heterocycles. The first-order valence-corrected chi connectivity index (χ1v) is 7.30. The minimum absolute atomic E-state index is 0.0173. The van der Waals surface area contributed by atoms with E-state index in [4.69, 9.17) is 16.0 Å². The van der Waals surface area contributed by atoms with Crippen LogP contribution in [0.2, 0.25) is 5.02 Å². The van der Waals surface area contributed by atoms with E-state index >= 15 is 0 Å². The number of halogens is 2. The van der Waals surface area contributed by atoms with Crippen LogP contribution in [0.15, 0.2) is 64.4 Å². The fourth-order valence-corrected chi connectivity index (χ4v) is 2.13. The fraction of sp³-hybridized carbons (Fsp3) is 0. The molecule has 120 valence electrons. The SMILES string of the molecule is O=C(NN=Cc1ccc(-c2ccc(F)c(Cl)c2)o1)c1ccncc1. The first-order valence-electron chi connectivity index (χ1n) is 6.92. The molecule has 0 fully saturated rings. The summed E-state index contributed by atoms with van der Waals surface area (Å²) in [5.41, 5.74) is 3.47. The molecule has 0 bridgehead atoms. The van der Waals surface area contributed by atoms with Crippen molar-refractivity contribution in [2.24, 2.45) is 5.10 Å². The van der Waals surface area contributed by atoms with Gasteiger partial charge in [0.05, 0.1) is 11.2 Å². The first kappa shape index (κ1) is 15.9. The third-order valence-electron chi connectivity index (χ3n) is 3.13. The Kier molecular flexibility index (Phi) is 4.67. The number of pyridine rings is 1. The van der Waals surface area contributed by atoms with Crippen LogP contribution in [0.5, 0.6) is 0 Å². The lowest BCUT2D eigenvalue weighted by Crippen LogP contribution is -2.17. The smallest absolute Gasteiger partial charge is 0.271 e. The maximum absolute atomic E-state index is 13.2. The molecule has 3 aromatic rings. The van der Waals surface area contributed by atoms with Crippen molar-refractivity contribution in [3.63, 3.8) is 0 Å². The van der Waals surface area contributed by atoms with Crippen LogP contribution in [-0.2, 0) is 0 Å². The van der Waals surface area contributed by atoms with Gasteiger partial charge in [0.1, 0.15) is 17.3 Å². The van der Waals surface area contributed by atoms with Gasteiger partial charge >= 0.3 is 0 Å². The van der Waals surface area contributed by atoms with E-state index in [0.717, 1.165) is 0 Å². The summed E-state index contributed by atoms with van der Waals surface area (Å²) < 4.78 is 18.7. The van der Waals surface area contributed by atoms with E-state index in [0.29, 0.717) is 22.6 Å². The van der Waals surface area contributed by atoms with Crippen LogP contribution in [0.1, 0.15) is 16.1 Å². The number of amides is 1. The van der Waals surface area contributed by atoms with Gasteiger partial charge in [-0.05, 0) is 42.5 Å². The third kappa shape index (κ3) is 3.67. The Bertz CT molecular complexity index is 894. The zero-order valence-electron chi connectivity index (χ0n) is 12.2. The predicted octanol–water partition coefficient (Wildman–Crippen LogP) is 3.90. The van der Waals surface area contributed by atoms with Crippen molar-refractivity contribution >= 4 is 23.7 Å². The maximum atomic E-state index is 13.2. The second-order valence-corrected chi connectivity index (χ2v) is 5.17. The second-order valence-electron chi connectivity index (χ2n) is 4.77. The number of benzene rings is 1. The van der Waals surface area contributed by atoms with Crippen molar-refractivity contribution < 1.29 is 13.6 Å². The van der Waals surface area contributed by atoms with E-state index < -0.39 is 5.82 Å². The Morgan fingerprint density at radius 2 is 2.00 bits per heavy atom. The number of rotatable bonds is 4. The molecule has 1 amide bonds. The van der Waals surface area contributed by atoms with Crippen LogP contribution < -0.4 is 5.43 Å². The lowest BCUT2D eigenvalue weighted by Gasteiger charge is -1.99. The van der Waals surface area contributed by atoms with Crippen LogP contribution >= 0.6 is 11.6 Å². The number of hydrazone groups is 1. The molecule has 0 aliphatic rings. The fourth-order valence-electron chi connectivity index (χ4n) is 1.95. The number of carbonyl (C=O) groups excluding carboxylic acids is 1. The van der Waals surface area contributed by atoms with Gasteiger partial charge in [-0.25, -0.2) is 9.82 Å². The number of hydrogen-bond acceptors (Lipinski definition) is 4. The maximum Gasteiger partial charge on any atom is 0.271 e. The van der Waals surface area contributed by atoms with Gasteiger partial charge in [0, 0.05) is 23.5 Å². The molecule has 2 aromatic heterocycles. The quantitative estimate of drug-likeness (QED) is 0.577. The minimum Gasteiger partial charge on any atom is -0.455 e. The van der Waals surface area contributed by atoms with E-state index in [9.17, 15) is 9.18 Å². The highest BCUT2D eigenvalue weighted by atomic mass is 35.5. The molecule has 1 N–H and O–H groups in total. The van der Waals surface area contributed by atoms with E-state index in [2.05, 4.69) is 15.5 Å². The molecular weight excluding hydrogens is 333 g/mol. The van der Waals surface area contributed by atoms with Crippen molar-refractivity contribution in [1.82, 2.24) is 10.4 Å². The van der Waals surface area contributed by atoms with Gasteiger partial charge in [0.2, 0.25) is 0 Å². The molecule has 0 aliphatic heterocycles. The van der Waals surface area contributed by atoms with E-state index in [1.807, 2.05) is 0 Å². The van der Waals surface area contributed by atoms with E-state index in [-0.39, 0.29) is 10.9 Å². The third-order valence-corrected chi connectivity index (χ3v) is 3.42. The highest BCUT2D eigenvalue weighted by Crippen LogP contribution is 2.26. The predicted molar refractivity (Wildman–Crippen MR) is 88.4 cm³/mol.